The molecule has 0 bridgehead atoms. The van der Waals surface area contributed by atoms with Gasteiger partial charge in [-0.1, -0.05) is 47.5 Å². The average molecular weight is 737 g/mol. The van der Waals surface area contributed by atoms with Crippen molar-refractivity contribution in [3.8, 4) is 11.1 Å². The number of benzene rings is 2. The van der Waals surface area contributed by atoms with E-state index in [-0.39, 0.29) is 33.2 Å². The highest BCUT2D eigenvalue weighted by molar-refractivity contribution is 6.40. The van der Waals surface area contributed by atoms with E-state index in [1.165, 1.54) is 12.3 Å². The van der Waals surface area contributed by atoms with Crippen LogP contribution in [0.25, 0.3) is 11.1 Å². The van der Waals surface area contributed by atoms with Crippen molar-refractivity contribution < 1.29 is 29.0 Å². The van der Waals surface area contributed by atoms with Crippen LogP contribution in [0.15, 0.2) is 54.7 Å². The van der Waals surface area contributed by atoms with Gasteiger partial charge in [0.05, 0.1) is 45.2 Å². The molecular formula is C36H36Cl2FN7O5. The fourth-order valence-electron chi connectivity index (χ4n) is 7.20. The molecule has 0 aliphatic carbocycles. The first-order valence-corrected chi connectivity index (χ1v) is 17.6. The maximum Gasteiger partial charge on any atom is 0.307 e. The van der Waals surface area contributed by atoms with Crippen LogP contribution < -0.4 is 10.6 Å². The third-order valence-electron chi connectivity index (χ3n) is 9.79. The van der Waals surface area contributed by atoms with Crippen LogP contribution in [-0.4, -0.2) is 84.8 Å². The van der Waals surface area contributed by atoms with Crippen molar-refractivity contribution in [2.75, 3.05) is 36.8 Å². The Labute approximate surface area is 303 Å². The summed E-state index contributed by atoms with van der Waals surface area (Å²) >= 11 is 13.6. The summed E-state index contributed by atoms with van der Waals surface area (Å²) in [6, 6.07) is 13.1. The molecule has 12 nitrogen and oxygen atoms in total. The maximum absolute atomic E-state index is 15.0. The third-order valence-corrected chi connectivity index (χ3v) is 10.6. The minimum Gasteiger partial charge on any atom is -0.481 e. The number of carboxylic acid groups (broad SMARTS) is 1. The van der Waals surface area contributed by atoms with Crippen LogP contribution in [0.2, 0.25) is 10.0 Å². The minimum absolute atomic E-state index is 0.0127. The van der Waals surface area contributed by atoms with Crippen molar-refractivity contribution in [3.63, 3.8) is 0 Å². The van der Waals surface area contributed by atoms with Gasteiger partial charge in [-0.25, -0.2) is 9.37 Å². The Kier molecular flexibility index (Phi) is 10.1. The van der Waals surface area contributed by atoms with Crippen molar-refractivity contribution in [3.05, 3.63) is 93.2 Å². The van der Waals surface area contributed by atoms with E-state index in [0.717, 1.165) is 18.5 Å². The molecule has 4 aromatic rings. The van der Waals surface area contributed by atoms with E-state index in [9.17, 15) is 24.6 Å². The fourth-order valence-corrected chi connectivity index (χ4v) is 7.75. The molecule has 2 aromatic carbocycles. The zero-order valence-corrected chi connectivity index (χ0v) is 29.0. The van der Waals surface area contributed by atoms with Gasteiger partial charge in [-0.3, -0.25) is 28.9 Å². The smallest absolute Gasteiger partial charge is 0.307 e. The Hall–Kier alpha value is -4.40. The Bertz CT molecular complexity index is 2010. The molecule has 0 saturated carbocycles. The summed E-state index contributed by atoms with van der Waals surface area (Å²) in [7, 11) is 0. The predicted molar refractivity (Wildman–Crippen MR) is 189 cm³/mol. The second kappa shape index (κ2) is 14.7. The largest absolute Gasteiger partial charge is 0.481 e. The summed E-state index contributed by atoms with van der Waals surface area (Å²) in [5.74, 6) is -3.20. The number of nitrogens with one attached hydrogen (secondary N) is 2. The molecule has 3 aliphatic rings. The molecule has 2 saturated heterocycles. The Morgan fingerprint density at radius 1 is 0.902 bits per heavy atom. The molecule has 2 fully saturated rings. The second-order valence-corrected chi connectivity index (χ2v) is 14.0. The second-order valence-electron chi connectivity index (χ2n) is 13.2. The number of anilines is 2. The predicted octanol–water partition coefficient (Wildman–Crippen LogP) is 5.70. The zero-order valence-electron chi connectivity index (χ0n) is 27.5. The number of β-amino-alcohol motifs (C(OH)–C–C–N with tert-alkyl or cyclic N) is 1. The van der Waals surface area contributed by atoms with Gasteiger partial charge in [-0.05, 0) is 62.1 Å². The van der Waals surface area contributed by atoms with Crippen molar-refractivity contribution in [1.82, 2.24) is 24.6 Å². The number of halogens is 3. The molecule has 51 heavy (non-hydrogen) atoms. The summed E-state index contributed by atoms with van der Waals surface area (Å²) in [5, 5.41) is 29.7. The van der Waals surface area contributed by atoms with Crippen molar-refractivity contribution in [2.24, 2.45) is 5.92 Å². The number of aliphatic hydroxyl groups is 1. The molecule has 2 aromatic heterocycles. The normalized spacial score (nSPS) is 20.7. The molecular weight excluding hydrogens is 700 g/mol. The quantitative estimate of drug-likeness (QED) is 0.170. The van der Waals surface area contributed by atoms with Gasteiger partial charge in [-0.15, -0.1) is 0 Å². The van der Waals surface area contributed by atoms with E-state index in [1.807, 2.05) is 9.58 Å². The van der Waals surface area contributed by atoms with Gasteiger partial charge >= 0.3 is 5.97 Å². The Morgan fingerprint density at radius 3 is 2.24 bits per heavy atom. The highest BCUT2D eigenvalue weighted by Crippen LogP contribution is 2.41. The summed E-state index contributed by atoms with van der Waals surface area (Å²) in [6.45, 7) is 3.42. The van der Waals surface area contributed by atoms with Crippen LogP contribution in [0, 0.1) is 11.7 Å². The lowest BCUT2D eigenvalue weighted by molar-refractivity contribution is -0.141. The van der Waals surface area contributed by atoms with Crippen molar-refractivity contribution in [2.45, 2.75) is 50.9 Å². The monoisotopic (exact) mass is 735 g/mol. The molecule has 2 amide bonds. The number of rotatable bonds is 9. The van der Waals surface area contributed by atoms with Gasteiger partial charge in [0, 0.05) is 50.0 Å². The first-order valence-electron chi connectivity index (χ1n) is 16.8. The number of amides is 2. The van der Waals surface area contributed by atoms with Crippen LogP contribution in [0.3, 0.4) is 0 Å². The third kappa shape index (κ3) is 7.35. The standard InChI is InChI=1S/C36H36Cl2FN7O5/c37-31-23(24-5-2-7-27(32(24)38)42-35(49)33-25(39)14-20(16-40-33)17-44-12-10-22(47)19-44)4-1-6-26(31)41-34(48)28-15-30-29(8-3-11-46(30)43-28)45-13-9-21(18-45)36(50)51/h1-2,4-7,14-16,21-22,29,47H,3,8-13,17-19H2,(H,41,48)(H,42,49)(H,50,51)/t21-,22-,29?/m1/s1. The lowest BCUT2D eigenvalue weighted by atomic mass is 10.0. The molecule has 3 atom stereocenters. The lowest BCUT2D eigenvalue weighted by Crippen LogP contribution is -2.32. The molecule has 7 rings (SSSR count). The topological polar surface area (TPSA) is 153 Å². The van der Waals surface area contributed by atoms with E-state index >= 15 is 4.39 Å². The molecule has 0 spiro atoms. The van der Waals surface area contributed by atoms with Gasteiger partial charge in [0.1, 0.15) is 0 Å². The number of likely N-dealkylation sites (tertiary alicyclic amines) is 2. The number of hydrogen-bond donors (Lipinski definition) is 4. The van der Waals surface area contributed by atoms with Crippen molar-refractivity contribution in [1.29, 1.82) is 0 Å². The number of aliphatic carboxylic acids is 1. The van der Waals surface area contributed by atoms with Crippen LogP contribution in [-0.2, 0) is 17.9 Å². The highest BCUT2D eigenvalue weighted by atomic mass is 35.5. The number of aromatic nitrogens is 3. The van der Waals surface area contributed by atoms with Crippen LogP contribution in [0.4, 0.5) is 15.8 Å². The van der Waals surface area contributed by atoms with Gasteiger partial charge < -0.3 is 20.8 Å². The molecule has 266 valence electrons. The van der Waals surface area contributed by atoms with E-state index in [4.69, 9.17) is 23.2 Å². The fraction of sp³-hybridized carbons (Fsp3) is 0.361. The number of aliphatic hydroxyl groups excluding tert-OH is 1. The number of carbonyl (C=O) groups excluding carboxylic acids is 2. The van der Waals surface area contributed by atoms with E-state index in [0.29, 0.717) is 74.5 Å². The SMILES string of the molecule is O=C(Nc1cccc(-c2cccc(NC(=O)c3ncc(CN4CC[C@@H](O)C4)cc3F)c2Cl)c1Cl)c1cc2n(n1)CCCC2N1CC[C@@H](C(=O)O)C1. The molecule has 0 radical (unpaired) electrons. The molecule has 1 unspecified atom stereocenters. The summed E-state index contributed by atoms with van der Waals surface area (Å²) in [6.07, 6.45) is 4.03. The van der Waals surface area contributed by atoms with Crippen molar-refractivity contribution >= 4 is 52.4 Å². The van der Waals surface area contributed by atoms with Crippen LogP contribution in [0.1, 0.15) is 64.0 Å². The van der Waals surface area contributed by atoms with E-state index in [1.54, 1.807) is 42.5 Å². The number of carbonyl (C=O) groups is 3. The summed E-state index contributed by atoms with van der Waals surface area (Å²) in [4.78, 5) is 46.3. The number of carboxylic acids is 1. The van der Waals surface area contributed by atoms with Gasteiger partial charge in [0.15, 0.2) is 17.2 Å². The summed E-state index contributed by atoms with van der Waals surface area (Å²) in [5.41, 5.74) is 2.81. The number of pyridine rings is 1. The highest BCUT2D eigenvalue weighted by Gasteiger charge is 2.36. The number of aryl methyl sites for hydroxylation is 1. The first-order chi connectivity index (χ1) is 24.5. The van der Waals surface area contributed by atoms with E-state index < -0.39 is 35.6 Å². The number of hydrogen-bond acceptors (Lipinski definition) is 8. The van der Waals surface area contributed by atoms with Crippen LogP contribution >= 0.6 is 23.2 Å². The number of nitrogens with zero attached hydrogens (tertiary/aromatic N) is 5. The molecule has 15 heteroatoms. The average Bonchev–Trinajstić information content (AvgIpc) is 3.87. The lowest BCUT2D eigenvalue weighted by Gasteiger charge is -2.31. The van der Waals surface area contributed by atoms with Gasteiger partial charge in [-0.2, -0.15) is 5.10 Å². The number of fused-ring (bicyclic) bond motifs is 1. The maximum atomic E-state index is 15.0. The first kappa shape index (κ1) is 35.0. The Morgan fingerprint density at radius 2 is 1.61 bits per heavy atom. The molecule has 3 aliphatic heterocycles. The van der Waals surface area contributed by atoms with Gasteiger partial charge in [0.2, 0.25) is 0 Å². The zero-order chi connectivity index (χ0) is 35.8. The minimum atomic E-state index is -0.788. The molecule has 5 heterocycles. The summed E-state index contributed by atoms with van der Waals surface area (Å²) < 4.78 is 16.8. The van der Waals surface area contributed by atoms with Gasteiger partial charge in [0.25, 0.3) is 11.8 Å². The molecule has 4 N–H and O–H groups in total. The van der Waals surface area contributed by atoms with Crippen LogP contribution in [0.5, 0.6) is 0 Å². The van der Waals surface area contributed by atoms with E-state index in [2.05, 4.69) is 25.6 Å². The Balaban J connectivity index is 1.05.